The van der Waals surface area contributed by atoms with E-state index < -0.39 is 11.7 Å². The highest BCUT2D eigenvalue weighted by atomic mass is 32.2. The van der Waals surface area contributed by atoms with Crippen molar-refractivity contribution in [2.75, 3.05) is 23.1 Å². The first kappa shape index (κ1) is 21.0. The molecule has 0 amide bonds. The third kappa shape index (κ3) is 5.69. The molecular weight excluding hydrogens is 423 g/mol. The van der Waals surface area contributed by atoms with Crippen LogP contribution in [0.5, 0.6) is 0 Å². The quantitative estimate of drug-likeness (QED) is 0.376. The lowest BCUT2D eigenvalue weighted by molar-refractivity contribution is -0.137. The molecule has 158 valence electrons. The van der Waals surface area contributed by atoms with Crippen molar-refractivity contribution >= 4 is 40.2 Å². The van der Waals surface area contributed by atoms with E-state index in [4.69, 9.17) is 0 Å². The molecule has 1 saturated heterocycles. The SMILES string of the molecule is FC(F)(F)c1ccc(N=Nc2ccc(N=Nc3ccc(N4CCSC4)cc3)cc2)cc1. The largest absolute Gasteiger partial charge is 0.416 e. The first-order chi connectivity index (χ1) is 15.0. The Labute approximate surface area is 181 Å². The Morgan fingerprint density at radius 3 is 1.45 bits per heavy atom. The first-order valence-corrected chi connectivity index (χ1v) is 10.7. The lowest BCUT2D eigenvalue weighted by atomic mass is 10.2. The predicted molar refractivity (Wildman–Crippen MR) is 117 cm³/mol. The van der Waals surface area contributed by atoms with Gasteiger partial charge in [0.25, 0.3) is 0 Å². The molecule has 0 N–H and O–H groups in total. The van der Waals surface area contributed by atoms with Gasteiger partial charge in [-0.25, -0.2) is 0 Å². The van der Waals surface area contributed by atoms with Crippen LogP contribution < -0.4 is 4.90 Å². The van der Waals surface area contributed by atoms with E-state index in [1.807, 2.05) is 36.0 Å². The zero-order valence-electron chi connectivity index (χ0n) is 16.3. The highest BCUT2D eigenvalue weighted by Crippen LogP contribution is 2.31. The summed E-state index contributed by atoms with van der Waals surface area (Å²) in [5.74, 6) is 2.17. The molecular formula is C22H18F3N5S. The Bertz CT molecular complexity index is 1060. The van der Waals surface area contributed by atoms with Gasteiger partial charge in [-0.15, -0.1) is 11.8 Å². The molecule has 0 unspecified atom stereocenters. The van der Waals surface area contributed by atoms with Crippen LogP contribution in [0.25, 0.3) is 0 Å². The standard InChI is InChI=1S/C22H18F3N5S/c23-22(24,25)16-1-3-17(4-2-16)26-27-18-5-7-19(8-6-18)28-29-20-9-11-21(12-10-20)30-13-14-31-15-30/h1-12H,13-15H2. The molecule has 1 fully saturated rings. The highest BCUT2D eigenvalue weighted by molar-refractivity contribution is 7.99. The number of azo groups is 2. The van der Waals surface area contributed by atoms with Crippen molar-refractivity contribution in [3.05, 3.63) is 78.4 Å². The topological polar surface area (TPSA) is 52.7 Å². The van der Waals surface area contributed by atoms with E-state index in [-0.39, 0.29) is 0 Å². The monoisotopic (exact) mass is 441 g/mol. The number of anilines is 1. The van der Waals surface area contributed by atoms with Crippen molar-refractivity contribution in [2.45, 2.75) is 6.18 Å². The van der Waals surface area contributed by atoms with E-state index in [0.29, 0.717) is 17.1 Å². The van der Waals surface area contributed by atoms with Crippen LogP contribution in [-0.2, 0) is 6.18 Å². The van der Waals surface area contributed by atoms with Crippen LogP contribution in [0.1, 0.15) is 5.56 Å². The van der Waals surface area contributed by atoms with Crippen LogP contribution in [0.15, 0.2) is 93.3 Å². The Hall–Kier alpha value is -3.20. The molecule has 0 aliphatic carbocycles. The minimum atomic E-state index is -4.37. The van der Waals surface area contributed by atoms with Gasteiger partial charge in [0.2, 0.25) is 0 Å². The molecule has 0 spiro atoms. The van der Waals surface area contributed by atoms with E-state index in [2.05, 4.69) is 25.4 Å². The summed E-state index contributed by atoms with van der Waals surface area (Å²) in [6, 6.07) is 19.4. The van der Waals surface area contributed by atoms with Crippen molar-refractivity contribution < 1.29 is 13.2 Å². The minimum Gasteiger partial charge on any atom is -0.361 e. The van der Waals surface area contributed by atoms with E-state index in [1.165, 1.54) is 17.8 Å². The molecule has 0 atom stereocenters. The Morgan fingerprint density at radius 2 is 1.06 bits per heavy atom. The Balaban J connectivity index is 1.36. The number of benzene rings is 3. The van der Waals surface area contributed by atoms with Gasteiger partial charge in [-0.2, -0.15) is 33.6 Å². The lowest BCUT2D eigenvalue weighted by Gasteiger charge is -2.16. The molecule has 0 bridgehead atoms. The average molecular weight is 441 g/mol. The Kier molecular flexibility index (Phi) is 6.31. The third-order valence-corrected chi connectivity index (χ3v) is 5.54. The Morgan fingerprint density at radius 1 is 0.645 bits per heavy atom. The molecule has 3 aromatic rings. The summed E-state index contributed by atoms with van der Waals surface area (Å²) in [6.45, 7) is 1.06. The molecule has 0 saturated carbocycles. The van der Waals surface area contributed by atoms with Crippen LogP contribution in [0, 0.1) is 0 Å². The summed E-state index contributed by atoms with van der Waals surface area (Å²) in [4.78, 5) is 2.32. The van der Waals surface area contributed by atoms with Gasteiger partial charge in [0.1, 0.15) is 0 Å². The van der Waals surface area contributed by atoms with E-state index in [9.17, 15) is 13.2 Å². The fraction of sp³-hybridized carbons (Fsp3) is 0.182. The average Bonchev–Trinajstić information content (AvgIpc) is 3.32. The smallest absolute Gasteiger partial charge is 0.361 e. The molecule has 0 aromatic heterocycles. The molecule has 3 aromatic carbocycles. The summed E-state index contributed by atoms with van der Waals surface area (Å²) in [7, 11) is 0. The maximum absolute atomic E-state index is 12.6. The maximum Gasteiger partial charge on any atom is 0.416 e. The first-order valence-electron chi connectivity index (χ1n) is 9.51. The fourth-order valence-corrected chi connectivity index (χ4v) is 3.86. The number of hydrogen-bond donors (Lipinski definition) is 0. The van der Waals surface area contributed by atoms with E-state index >= 15 is 0 Å². The number of halogens is 3. The van der Waals surface area contributed by atoms with Crippen LogP contribution in [0.4, 0.5) is 41.6 Å². The van der Waals surface area contributed by atoms with Crippen LogP contribution in [0.2, 0.25) is 0 Å². The zero-order chi connectivity index (χ0) is 21.7. The van der Waals surface area contributed by atoms with Gasteiger partial charge in [0.15, 0.2) is 0 Å². The van der Waals surface area contributed by atoms with Gasteiger partial charge >= 0.3 is 6.18 Å². The summed E-state index contributed by atoms with van der Waals surface area (Å²) in [5.41, 5.74) is 2.80. The van der Waals surface area contributed by atoms with Gasteiger partial charge in [-0.3, -0.25) is 0 Å². The second kappa shape index (κ2) is 9.30. The fourth-order valence-electron chi connectivity index (χ4n) is 2.88. The number of thioether (sulfide) groups is 1. The number of rotatable bonds is 5. The number of nitrogens with zero attached hydrogens (tertiary/aromatic N) is 5. The van der Waals surface area contributed by atoms with Crippen molar-refractivity contribution in [1.29, 1.82) is 0 Å². The number of hydrogen-bond acceptors (Lipinski definition) is 6. The molecule has 5 nitrogen and oxygen atoms in total. The van der Waals surface area contributed by atoms with E-state index in [0.717, 1.165) is 36.0 Å². The normalized spacial score (nSPS) is 14.7. The van der Waals surface area contributed by atoms with Gasteiger partial charge in [0.05, 0.1) is 34.2 Å². The molecule has 4 rings (SSSR count). The molecule has 1 heterocycles. The zero-order valence-corrected chi connectivity index (χ0v) is 17.1. The van der Waals surface area contributed by atoms with Crippen molar-refractivity contribution in [1.82, 2.24) is 0 Å². The summed E-state index contributed by atoms with van der Waals surface area (Å²) >= 11 is 1.92. The van der Waals surface area contributed by atoms with Gasteiger partial charge < -0.3 is 4.90 Å². The van der Waals surface area contributed by atoms with Crippen molar-refractivity contribution in [3.8, 4) is 0 Å². The van der Waals surface area contributed by atoms with Crippen molar-refractivity contribution in [2.24, 2.45) is 20.5 Å². The van der Waals surface area contributed by atoms with Gasteiger partial charge in [-0.05, 0) is 72.8 Å². The molecule has 1 aliphatic heterocycles. The van der Waals surface area contributed by atoms with Crippen LogP contribution in [0.3, 0.4) is 0 Å². The second-order valence-electron chi connectivity index (χ2n) is 6.78. The van der Waals surface area contributed by atoms with Gasteiger partial charge in [-0.1, -0.05) is 0 Å². The van der Waals surface area contributed by atoms with Crippen LogP contribution in [-0.4, -0.2) is 18.2 Å². The molecule has 9 heteroatoms. The molecule has 1 aliphatic rings. The maximum atomic E-state index is 12.6. The van der Waals surface area contributed by atoms with Crippen LogP contribution >= 0.6 is 11.8 Å². The lowest BCUT2D eigenvalue weighted by Crippen LogP contribution is -2.17. The minimum absolute atomic E-state index is 0.340. The van der Waals surface area contributed by atoms with Gasteiger partial charge in [0, 0.05) is 18.0 Å². The summed E-state index contributed by atoms with van der Waals surface area (Å²) < 4.78 is 37.8. The molecule has 31 heavy (non-hydrogen) atoms. The summed E-state index contributed by atoms with van der Waals surface area (Å²) in [5, 5.41) is 16.5. The second-order valence-corrected chi connectivity index (χ2v) is 7.85. The summed E-state index contributed by atoms with van der Waals surface area (Å²) in [6.07, 6.45) is -4.37. The highest BCUT2D eigenvalue weighted by Gasteiger charge is 2.29. The van der Waals surface area contributed by atoms with Crippen molar-refractivity contribution in [3.63, 3.8) is 0 Å². The molecule has 0 radical (unpaired) electrons. The third-order valence-electron chi connectivity index (χ3n) is 4.57. The van der Waals surface area contributed by atoms with E-state index in [1.54, 1.807) is 24.3 Å². The number of alkyl halides is 3. The predicted octanol–water partition coefficient (Wildman–Crippen LogP) is 8.05.